The molecule has 3 heteroatoms. The Kier molecular flexibility index (Phi) is 6.35. The van der Waals surface area contributed by atoms with Crippen molar-refractivity contribution < 1.29 is 15.0 Å². The highest BCUT2D eigenvalue weighted by Crippen LogP contribution is 2.75. The van der Waals surface area contributed by atoms with Crippen LogP contribution in [-0.4, -0.2) is 28.7 Å². The number of carbonyl (C=O) groups is 1. The summed E-state index contributed by atoms with van der Waals surface area (Å²) in [6.45, 7) is 18.3. The van der Waals surface area contributed by atoms with E-state index in [1.165, 1.54) is 31.3 Å². The van der Waals surface area contributed by atoms with Gasteiger partial charge in [-0.25, -0.2) is 0 Å². The summed E-state index contributed by atoms with van der Waals surface area (Å²) < 4.78 is 0. The third kappa shape index (κ3) is 3.54. The van der Waals surface area contributed by atoms with Crippen LogP contribution >= 0.6 is 0 Å². The Labute approximate surface area is 202 Å². The Morgan fingerprint density at radius 1 is 1.09 bits per heavy atom. The Morgan fingerprint density at radius 3 is 2.45 bits per heavy atom. The van der Waals surface area contributed by atoms with Crippen molar-refractivity contribution in [2.24, 2.45) is 45.3 Å². The van der Waals surface area contributed by atoms with Gasteiger partial charge in [0, 0.05) is 17.8 Å². The summed E-state index contributed by atoms with van der Waals surface area (Å²) in [6.07, 6.45) is 11.1. The summed E-state index contributed by atoms with van der Waals surface area (Å²) in [7, 11) is 0. The van der Waals surface area contributed by atoms with Crippen molar-refractivity contribution in [1.29, 1.82) is 0 Å². The molecule has 186 valence electrons. The van der Waals surface area contributed by atoms with Crippen molar-refractivity contribution in [2.45, 2.75) is 105 Å². The smallest absolute Gasteiger partial charge is 0.138 e. The molecule has 4 aliphatic carbocycles. The summed E-state index contributed by atoms with van der Waals surface area (Å²) in [5.41, 5.74) is 2.33. The number of allylic oxidation sites excluding steroid dienone is 2. The number of fused-ring (bicyclic) bond motifs is 5. The SMILES string of the molecule is C=C(CCC=C(C)CO)C1CCC2(C)C1CCC1C3(C)CCC(=O)C(C)(C)C3C(O)CC12C. The van der Waals surface area contributed by atoms with Gasteiger partial charge in [0.1, 0.15) is 5.78 Å². The van der Waals surface area contributed by atoms with E-state index in [-0.39, 0.29) is 28.8 Å². The van der Waals surface area contributed by atoms with Gasteiger partial charge in [-0.1, -0.05) is 58.4 Å². The molecule has 0 radical (unpaired) electrons. The molecular formula is C30H48O3. The fourth-order valence-electron chi connectivity index (χ4n) is 9.98. The molecule has 0 amide bonds. The summed E-state index contributed by atoms with van der Waals surface area (Å²) in [4.78, 5) is 12.9. The van der Waals surface area contributed by atoms with E-state index in [4.69, 9.17) is 0 Å². The molecule has 0 saturated heterocycles. The Bertz CT molecular complexity index is 839. The van der Waals surface area contributed by atoms with Crippen LogP contribution in [0.5, 0.6) is 0 Å². The molecule has 0 aliphatic heterocycles. The van der Waals surface area contributed by atoms with E-state index in [0.29, 0.717) is 30.0 Å². The zero-order valence-corrected chi connectivity index (χ0v) is 22.0. The number of carbonyl (C=O) groups excluding carboxylic acids is 1. The van der Waals surface area contributed by atoms with Gasteiger partial charge in [0.25, 0.3) is 0 Å². The van der Waals surface area contributed by atoms with Gasteiger partial charge in [0.05, 0.1) is 12.7 Å². The summed E-state index contributed by atoms with van der Waals surface area (Å²) >= 11 is 0. The maximum absolute atomic E-state index is 12.9. The van der Waals surface area contributed by atoms with Crippen LogP contribution in [0.2, 0.25) is 0 Å². The molecule has 4 fully saturated rings. The zero-order valence-electron chi connectivity index (χ0n) is 22.0. The van der Waals surface area contributed by atoms with Gasteiger partial charge in [-0.3, -0.25) is 4.79 Å². The van der Waals surface area contributed by atoms with E-state index >= 15 is 0 Å². The predicted molar refractivity (Wildman–Crippen MR) is 135 cm³/mol. The van der Waals surface area contributed by atoms with Gasteiger partial charge in [-0.15, -0.1) is 0 Å². The van der Waals surface area contributed by atoms with Crippen LogP contribution in [0.15, 0.2) is 23.8 Å². The van der Waals surface area contributed by atoms with E-state index in [0.717, 1.165) is 31.3 Å². The normalized spacial score (nSPS) is 47.0. The number of hydrogen-bond donors (Lipinski definition) is 2. The molecule has 4 saturated carbocycles. The highest BCUT2D eigenvalue weighted by atomic mass is 16.3. The second kappa shape index (κ2) is 8.33. The number of aliphatic hydroxyl groups is 2. The second-order valence-electron chi connectivity index (χ2n) is 13.5. The minimum atomic E-state index is -0.432. The van der Waals surface area contributed by atoms with Gasteiger partial charge >= 0.3 is 0 Å². The molecule has 4 aliphatic rings. The van der Waals surface area contributed by atoms with Gasteiger partial charge in [-0.2, -0.15) is 0 Å². The first-order chi connectivity index (χ1) is 15.3. The third-order valence-electron chi connectivity index (χ3n) is 11.8. The van der Waals surface area contributed by atoms with E-state index in [2.05, 4.69) is 47.3 Å². The lowest BCUT2D eigenvalue weighted by atomic mass is 9.35. The standard InChI is InChI=1S/C30H48O3/c1-19(18-31)9-8-10-20(2)21-13-16-29(6)22(21)11-12-24-28(5)15-14-25(33)27(3,4)26(28)23(32)17-30(24,29)7/h9,21-24,26,31-32H,2,8,10-18H2,1,3-7H3. The van der Waals surface area contributed by atoms with Crippen LogP contribution in [0.3, 0.4) is 0 Å². The van der Waals surface area contributed by atoms with Crippen molar-refractivity contribution in [2.75, 3.05) is 6.61 Å². The third-order valence-corrected chi connectivity index (χ3v) is 11.8. The van der Waals surface area contributed by atoms with Crippen molar-refractivity contribution in [1.82, 2.24) is 0 Å². The first-order valence-corrected chi connectivity index (χ1v) is 13.5. The molecule has 0 spiro atoms. The highest BCUT2D eigenvalue weighted by Gasteiger charge is 2.70. The molecule has 8 unspecified atom stereocenters. The van der Waals surface area contributed by atoms with Crippen molar-refractivity contribution in [3.05, 3.63) is 23.8 Å². The zero-order chi connectivity index (χ0) is 24.4. The lowest BCUT2D eigenvalue weighted by Gasteiger charge is -2.70. The van der Waals surface area contributed by atoms with Crippen molar-refractivity contribution in [3.63, 3.8) is 0 Å². The fraction of sp³-hybridized carbons (Fsp3) is 0.833. The molecule has 0 aromatic carbocycles. The maximum Gasteiger partial charge on any atom is 0.138 e. The van der Waals surface area contributed by atoms with E-state index in [1.54, 1.807) is 0 Å². The summed E-state index contributed by atoms with van der Waals surface area (Å²) in [5, 5.41) is 20.9. The van der Waals surface area contributed by atoms with Crippen LogP contribution in [-0.2, 0) is 4.79 Å². The first kappa shape index (κ1) is 25.2. The van der Waals surface area contributed by atoms with E-state index < -0.39 is 11.5 Å². The maximum atomic E-state index is 12.9. The van der Waals surface area contributed by atoms with E-state index in [9.17, 15) is 15.0 Å². The number of ketones is 1. The fourth-order valence-corrected chi connectivity index (χ4v) is 9.98. The van der Waals surface area contributed by atoms with Crippen LogP contribution in [0.25, 0.3) is 0 Å². The van der Waals surface area contributed by atoms with Gasteiger partial charge in [0.15, 0.2) is 0 Å². The number of aliphatic hydroxyl groups excluding tert-OH is 2. The van der Waals surface area contributed by atoms with Gasteiger partial charge in [-0.05, 0) is 92.3 Å². The number of rotatable bonds is 5. The molecule has 8 atom stereocenters. The quantitative estimate of drug-likeness (QED) is 0.465. The number of Topliss-reactive ketones (excluding diaryl/α,β-unsaturated/α-hetero) is 1. The first-order valence-electron chi connectivity index (χ1n) is 13.5. The predicted octanol–water partition coefficient (Wildman–Crippen LogP) is 6.49. The minimum absolute atomic E-state index is 0.0273. The average Bonchev–Trinajstić information content (AvgIpc) is 3.09. The Balaban J connectivity index is 1.61. The van der Waals surface area contributed by atoms with E-state index in [1.807, 2.05) is 6.92 Å². The lowest BCUT2D eigenvalue weighted by Crippen LogP contribution is -2.67. The topological polar surface area (TPSA) is 57.5 Å². The molecule has 2 N–H and O–H groups in total. The second-order valence-corrected chi connectivity index (χ2v) is 13.5. The van der Waals surface area contributed by atoms with Crippen molar-refractivity contribution in [3.8, 4) is 0 Å². The van der Waals surface area contributed by atoms with Crippen molar-refractivity contribution >= 4 is 5.78 Å². The van der Waals surface area contributed by atoms with Gasteiger partial charge in [0.2, 0.25) is 0 Å². The molecule has 0 aromatic rings. The van der Waals surface area contributed by atoms with Crippen LogP contribution in [0.4, 0.5) is 0 Å². The molecule has 3 nitrogen and oxygen atoms in total. The summed E-state index contributed by atoms with van der Waals surface area (Å²) in [6, 6.07) is 0. The van der Waals surface area contributed by atoms with Crippen LogP contribution in [0, 0.1) is 45.3 Å². The molecular weight excluding hydrogens is 408 g/mol. The van der Waals surface area contributed by atoms with Gasteiger partial charge < -0.3 is 10.2 Å². The largest absolute Gasteiger partial charge is 0.393 e. The molecule has 0 bridgehead atoms. The summed E-state index contributed by atoms with van der Waals surface area (Å²) in [5.74, 6) is 2.19. The highest BCUT2D eigenvalue weighted by molar-refractivity contribution is 5.85. The molecule has 33 heavy (non-hydrogen) atoms. The number of hydrogen-bond acceptors (Lipinski definition) is 3. The Hall–Kier alpha value is -0.930. The molecule has 0 heterocycles. The Morgan fingerprint density at radius 2 is 1.79 bits per heavy atom. The monoisotopic (exact) mass is 456 g/mol. The van der Waals surface area contributed by atoms with Crippen LogP contribution < -0.4 is 0 Å². The lowest BCUT2D eigenvalue weighted by molar-refractivity contribution is -0.235. The molecule has 0 aromatic heterocycles. The molecule has 4 rings (SSSR count). The minimum Gasteiger partial charge on any atom is -0.393 e. The average molecular weight is 457 g/mol. The van der Waals surface area contributed by atoms with Crippen LogP contribution in [0.1, 0.15) is 99.3 Å².